The maximum Gasteiger partial charge on any atom is 0.343 e. The summed E-state index contributed by atoms with van der Waals surface area (Å²) >= 11 is 0. The van der Waals surface area contributed by atoms with Crippen molar-refractivity contribution in [1.82, 2.24) is 10.3 Å². The monoisotopic (exact) mass is 538 g/mol. The van der Waals surface area contributed by atoms with Gasteiger partial charge in [0.15, 0.2) is 0 Å². The van der Waals surface area contributed by atoms with E-state index in [1.807, 2.05) is 54.6 Å². The lowest BCUT2D eigenvalue weighted by atomic mass is 9.86. The third-order valence-electron chi connectivity index (χ3n) is 6.95. The Bertz CT molecular complexity index is 1740. The Morgan fingerprint density at radius 2 is 1.77 bits per heavy atom. The summed E-state index contributed by atoms with van der Waals surface area (Å²) in [6.45, 7) is 1.94. The summed E-state index contributed by atoms with van der Waals surface area (Å²) in [6, 6.07) is 23.7. The highest BCUT2D eigenvalue weighted by atomic mass is 16.5. The smallest absolute Gasteiger partial charge is 0.343 e. The number of para-hydroxylation sites is 2. The van der Waals surface area contributed by atoms with Crippen LogP contribution >= 0.6 is 0 Å². The molecule has 0 spiro atoms. The summed E-state index contributed by atoms with van der Waals surface area (Å²) in [5.41, 5.74) is 3.16. The van der Waals surface area contributed by atoms with Gasteiger partial charge in [0, 0.05) is 29.2 Å². The fraction of sp³-hybridized carbons (Fsp3) is 0.188. The number of aromatic nitrogens is 1. The van der Waals surface area contributed by atoms with Crippen LogP contribution in [0.25, 0.3) is 10.9 Å². The van der Waals surface area contributed by atoms with Crippen LogP contribution in [0.15, 0.2) is 88.1 Å². The molecule has 1 unspecified atom stereocenters. The molecule has 0 radical (unpaired) electrons. The lowest BCUT2D eigenvalue weighted by molar-refractivity contribution is 0.0951. The predicted molar refractivity (Wildman–Crippen MR) is 153 cm³/mol. The van der Waals surface area contributed by atoms with Gasteiger partial charge in [-0.25, -0.2) is 4.79 Å². The number of aromatic amines is 1. The number of nitrogens with one attached hydrogen (secondary N) is 2. The SMILES string of the molecule is COc1cccc(C(c2[nH]c3ccccc3c2CCNC(=O)c2ccccc2OC)c2c(O)cc(C)oc2=O)c1. The van der Waals surface area contributed by atoms with E-state index in [1.54, 1.807) is 32.2 Å². The summed E-state index contributed by atoms with van der Waals surface area (Å²) in [5.74, 6) is 0.314. The topological polar surface area (TPSA) is 114 Å². The van der Waals surface area contributed by atoms with Crippen LogP contribution in [0.5, 0.6) is 17.2 Å². The Hall–Kier alpha value is -4.98. The molecule has 2 heterocycles. The first-order chi connectivity index (χ1) is 19.4. The van der Waals surface area contributed by atoms with Crippen molar-refractivity contribution < 1.29 is 23.8 Å². The minimum Gasteiger partial charge on any atom is -0.507 e. The van der Waals surface area contributed by atoms with Gasteiger partial charge in [0.25, 0.3) is 5.91 Å². The number of methoxy groups -OCH3 is 2. The molecule has 1 atom stereocenters. The van der Waals surface area contributed by atoms with Crippen molar-refractivity contribution in [3.8, 4) is 17.2 Å². The van der Waals surface area contributed by atoms with Gasteiger partial charge in [0.05, 0.1) is 31.3 Å². The van der Waals surface area contributed by atoms with Crippen molar-refractivity contribution >= 4 is 16.8 Å². The van der Waals surface area contributed by atoms with E-state index in [0.29, 0.717) is 41.5 Å². The zero-order chi connectivity index (χ0) is 28.2. The van der Waals surface area contributed by atoms with E-state index < -0.39 is 11.5 Å². The Morgan fingerprint density at radius 3 is 2.55 bits per heavy atom. The molecular weight excluding hydrogens is 508 g/mol. The number of ether oxygens (including phenoxy) is 2. The summed E-state index contributed by atoms with van der Waals surface area (Å²) < 4.78 is 16.2. The van der Waals surface area contributed by atoms with E-state index in [-0.39, 0.29) is 17.2 Å². The largest absolute Gasteiger partial charge is 0.507 e. The van der Waals surface area contributed by atoms with E-state index >= 15 is 0 Å². The van der Waals surface area contributed by atoms with E-state index in [2.05, 4.69) is 10.3 Å². The third-order valence-corrected chi connectivity index (χ3v) is 6.95. The molecule has 3 N–H and O–H groups in total. The van der Waals surface area contributed by atoms with Crippen LogP contribution in [0.2, 0.25) is 0 Å². The first kappa shape index (κ1) is 26.6. The molecule has 3 aromatic carbocycles. The minimum absolute atomic E-state index is 0.115. The highest BCUT2D eigenvalue weighted by Crippen LogP contribution is 2.39. The second kappa shape index (κ2) is 11.4. The zero-order valence-corrected chi connectivity index (χ0v) is 22.5. The highest BCUT2D eigenvalue weighted by Gasteiger charge is 2.29. The van der Waals surface area contributed by atoms with Crippen molar-refractivity contribution in [1.29, 1.82) is 0 Å². The van der Waals surface area contributed by atoms with E-state index in [9.17, 15) is 14.7 Å². The number of fused-ring (bicyclic) bond motifs is 1. The first-order valence-electron chi connectivity index (χ1n) is 12.9. The molecule has 0 saturated heterocycles. The van der Waals surface area contributed by atoms with Crippen molar-refractivity contribution in [3.63, 3.8) is 0 Å². The molecule has 0 aliphatic heterocycles. The molecule has 5 rings (SSSR count). The Balaban J connectivity index is 1.60. The average Bonchev–Trinajstić information content (AvgIpc) is 3.32. The lowest BCUT2D eigenvalue weighted by Crippen LogP contribution is -2.26. The van der Waals surface area contributed by atoms with Crippen LogP contribution in [-0.4, -0.2) is 36.8 Å². The van der Waals surface area contributed by atoms with E-state index in [1.165, 1.54) is 13.2 Å². The Morgan fingerprint density at radius 1 is 1.00 bits per heavy atom. The van der Waals surface area contributed by atoms with Gasteiger partial charge in [-0.05, 0) is 54.8 Å². The minimum atomic E-state index is -0.695. The molecule has 1 amide bonds. The standard InChI is InChI=1S/C32H30N2O6/c1-19-17-26(35)29(32(37)40-19)28(20-9-8-10-21(18-20)38-2)30-23(22-11-4-6-13-25(22)34-30)15-16-33-31(36)24-12-5-7-14-27(24)39-3/h4-14,17-18,28,34-35H,15-16H2,1-3H3,(H,33,36). The van der Waals surface area contributed by atoms with Crippen molar-refractivity contribution in [3.05, 3.63) is 123 Å². The molecule has 8 nitrogen and oxygen atoms in total. The first-order valence-corrected chi connectivity index (χ1v) is 12.9. The van der Waals surface area contributed by atoms with Crippen molar-refractivity contribution in [2.75, 3.05) is 20.8 Å². The zero-order valence-electron chi connectivity index (χ0n) is 22.5. The van der Waals surface area contributed by atoms with Gasteiger partial charge in [-0.2, -0.15) is 0 Å². The molecule has 0 aliphatic carbocycles. The molecule has 204 valence electrons. The number of aromatic hydroxyl groups is 1. The molecule has 0 bridgehead atoms. The molecular formula is C32H30N2O6. The van der Waals surface area contributed by atoms with Gasteiger partial charge in [0.2, 0.25) is 0 Å². The summed E-state index contributed by atoms with van der Waals surface area (Å²) in [6.07, 6.45) is 0.457. The number of H-pyrrole nitrogens is 1. The van der Waals surface area contributed by atoms with Crippen LogP contribution in [-0.2, 0) is 6.42 Å². The average molecular weight is 539 g/mol. The highest BCUT2D eigenvalue weighted by molar-refractivity contribution is 5.97. The summed E-state index contributed by atoms with van der Waals surface area (Å²) in [5, 5.41) is 14.9. The lowest BCUT2D eigenvalue weighted by Gasteiger charge is -2.20. The Kier molecular flexibility index (Phi) is 7.59. The summed E-state index contributed by atoms with van der Waals surface area (Å²) in [7, 11) is 3.10. The predicted octanol–water partition coefficient (Wildman–Crippen LogP) is 5.31. The summed E-state index contributed by atoms with van der Waals surface area (Å²) in [4.78, 5) is 29.7. The van der Waals surface area contributed by atoms with Gasteiger partial charge in [-0.15, -0.1) is 0 Å². The van der Waals surface area contributed by atoms with E-state index in [0.717, 1.165) is 22.0 Å². The number of carbonyl (C=O) groups is 1. The fourth-order valence-electron chi connectivity index (χ4n) is 5.14. The normalized spacial score (nSPS) is 11.8. The van der Waals surface area contributed by atoms with Crippen LogP contribution in [0.4, 0.5) is 0 Å². The van der Waals surface area contributed by atoms with Crippen LogP contribution < -0.4 is 20.4 Å². The number of amides is 1. The molecule has 2 aromatic heterocycles. The van der Waals surface area contributed by atoms with Crippen LogP contribution in [0.1, 0.15) is 44.4 Å². The molecule has 0 aliphatic rings. The fourth-order valence-corrected chi connectivity index (χ4v) is 5.14. The van der Waals surface area contributed by atoms with Gasteiger partial charge < -0.3 is 29.3 Å². The molecule has 0 saturated carbocycles. The number of rotatable bonds is 9. The van der Waals surface area contributed by atoms with Gasteiger partial charge in [-0.1, -0.05) is 42.5 Å². The molecule has 40 heavy (non-hydrogen) atoms. The van der Waals surface area contributed by atoms with Gasteiger partial charge in [0.1, 0.15) is 23.0 Å². The maximum atomic E-state index is 13.2. The third kappa shape index (κ3) is 5.16. The van der Waals surface area contributed by atoms with Crippen LogP contribution in [0, 0.1) is 6.92 Å². The van der Waals surface area contributed by atoms with Crippen molar-refractivity contribution in [2.45, 2.75) is 19.3 Å². The van der Waals surface area contributed by atoms with Crippen molar-refractivity contribution in [2.24, 2.45) is 0 Å². The maximum absolute atomic E-state index is 13.2. The second-order valence-corrected chi connectivity index (χ2v) is 9.42. The van der Waals surface area contributed by atoms with Gasteiger partial charge in [-0.3, -0.25) is 4.79 Å². The second-order valence-electron chi connectivity index (χ2n) is 9.42. The quantitative estimate of drug-likeness (QED) is 0.235. The molecule has 0 fully saturated rings. The number of aryl methyl sites for hydroxylation is 1. The van der Waals surface area contributed by atoms with Crippen LogP contribution in [0.3, 0.4) is 0 Å². The van der Waals surface area contributed by atoms with E-state index in [4.69, 9.17) is 13.9 Å². The number of carbonyl (C=O) groups excluding carboxylic acids is 1. The van der Waals surface area contributed by atoms with Gasteiger partial charge >= 0.3 is 5.63 Å². The number of benzene rings is 3. The number of hydrogen-bond acceptors (Lipinski definition) is 6. The molecule has 8 heteroatoms. The number of hydrogen-bond donors (Lipinski definition) is 3. The molecule has 5 aromatic rings. The Labute approximate surface area is 231 Å².